The third-order valence-corrected chi connectivity index (χ3v) is 6.78. The molecule has 7 heteroatoms. The van der Waals surface area contributed by atoms with Gasteiger partial charge < -0.3 is 10.2 Å². The molecule has 1 aromatic carbocycles. The molecule has 1 aromatic rings. The van der Waals surface area contributed by atoms with E-state index in [4.69, 9.17) is 11.6 Å². The summed E-state index contributed by atoms with van der Waals surface area (Å²) in [6, 6.07) is 4.62. The van der Waals surface area contributed by atoms with Crippen LogP contribution in [0.25, 0.3) is 0 Å². The Hall–Kier alpha value is -1.11. The van der Waals surface area contributed by atoms with Crippen LogP contribution in [0.1, 0.15) is 70.7 Å². The molecule has 2 rings (SSSR count). The Morgan fingerprint density at radius 1 is 1.21 bits per heavy atom. The first kappa shape index (κ1) is 23.2. The minimum absolute atomic E-state index is 0.00132. The highest BCUT2D eigenvalue weighted by atomic mass is 35.5. The molecule has 0 bridgehead atoms. The van der Waals surface area contributed by atoms with Gasteiger partial charge in [0, 0.05) is 35.5 Å². The molecule has 1 aliphatic heterocycles. The van der Waals surface area contributed by atoms with Crippen molar-refractivity contribution in [2.75, 3.05) is 12.8 Å². The Balaban J connectivity index is 2.42. The van der Waals surface area contributed by atoms with Crippen LogP contribution in [0.4, 0.5) is 0 Å². The molecule has 28 heavy (non-hydrogen) atoms. The molecule has 0 saturated carbocycles. The SMILES string of the molecule is CCCCN(C(=O)c1ccc(Cl)c(S(C)(=O)=O)c1)C1CC(C)(C)NC(C)(C)C1. The molecule has 158 valence electrons. The Kier molecular flexibility index (Phi) is 6.89. The average molecular weight is 429 g/mol. The summed E-state index contributed by atoms with van der Waals surface area (Å²) in [5.74, 6) is -0.131. The van der Waals surface area contributed by atoms with Gasteiger partial charge in [-0.05, 0) is 65.2 Å². The summed E-state index contributed by atoms with van der Waals surface area (Å²) in [5, 5.41) is 3.80. The first-order valence-corrected chi connectivity index (χ1v) is 12.1. The molecule has 1 fully saturated rings. The minimum Gasteiger partial charge on any atom is -0.336 e. The molecule has 1 aliphatic rings. The van der Waals surface area contributed by atoms with Crippen molar-refractivity contribution in [3.05, 3.63) is 28.8 Å². The van der Waals surface area contributed by atoms with Crippen molar-refractivity contribution in [3.8, 4) is 0 Å². The van der Waals surface area contributed by atoms with Crippen LogP contribution in [0.2, 0.25) is 5.02 Å². The van der Waals surface area contributed by atoms with E-state index in [1.165, 1.54) is 12.1 Å². The van der Waals surface area contributed by atoms with Crippen molar-refractivity contribution >= 4 is 27.3 Å². The van der Waals surface area contributed by atoms with Crippen LogP contribution in [0, 0.1) is 0 Å². The smallest absolute Gasteiger partial charge is 0.254 e. The second kappa shape index (κ2) is 8.33. The topological polar surface area (TPSA) is 66.5 Å². The van der Waals surface area contributed by atoms with Crippen molar-refractivity contribution in [2.45, 2.75) is 82.3 Å². The number of rotatable bonds is 6. The highest BCUT2D eigenvalue weighted by molar-refractivity contribution is 7.90. The lowest BCUT2D eigenvalue weighted by molar-refractivity contribution is 0.0441. The molecule has 0 aliphatic carbocycles. The van der Waals surface area contributed by atoms with Gasteiger partial charge in [0.15, 0.2) is 9.84 Å². The highest BCUT2D eigenvalue weighted by Gasteiger charge is 2.41. The zero-order valence-corrected chi connectivity index (χ0v) is 19.4. The second-order valence-electron chi connectivity index (χ2n) is 9.22. The number of piperidine rings is 1. The Morgan fingerprint density at radius 3 is 2.29 bits per heavy atom. The van der Waals surface area contributed by atoms with Crippen LogP contribution in [-0.4, -0.2) is 49.1 Å². The van der Waals surface area contributed by atoms with Gasteiger partial charge in [0.25, 0.3) is 5.91 Å². The predicted octanol–water partition coefficient (Wildman–Crippen LogP) is 4.30. The van der Waals surface area contributed by atoms with Crippen LogP contribution >= 0.6 is 11.6 Å². The fraction of sp³-hybridized carbons (Fsp3) is 0.667. The lowest BCUT2D eigenvalue weighted by atomic mass is 9.78. The number of carbonyl (C=O) groups excluding carboxylic acids is 1. The second-order valence-corrected chi connectivity index (χ2v) is 11.6. The molecule has 0 atom stereocenters. The number of amides is 1. The number of unbranched alkanes of at least 4 members (excludes halogenated alkanes) is 1. The first-order chi connectivity index (χ1) is 12.8. The maximum Gasteiger partial charge on any atom is 0.254 e. The molecule has 1 amide bonds. The molecule has 5 nitrogen and oxygen atoms in total. The minimum atomic E-state index is -3.51. The average Bonchev–Trinajstić information content (AvgIpc) is 2.51. The van der Waals surface area contributed by atoms with E-state index < -0.39 is 9.84 Å². The van der Waals surface area contributed by atoms with E-state index >= 15 is 0 Å². The van der Waals surface area contributed by atoms with Crippen molar-refractivity contribution < 1.29 is 13.2 Å². The fourth-order valence-electron chi connectivity index (χ4n) is 4.35. The van der Waals surface area contributed by atoms with Crippen LogP contribution in [0.3, 0.4) is 0 Å². The van der Waals surface area contributed by atoms with E-state index in [9.17, 15) is 13.2 Å². The Labute approximate surface area is 174 Å². The molecule has 0 radical (unpaired) electrons. The zero-order chi connectivity index (χ0) is 21.3. The van der Waals surface area contributed by atoms with Crippen LogP contribution < -0.4 is 5.32 Å². The number of nitrogens with zero attached hydrogens (tertiary/aromatic N) is 1. The van der Waals surface area contributed by atoms with Gasteiger partial charge in [-0.15, -0.1) is 0 Å². The fourth-order valence-corrected chi connectivity index (χ4v) is 5.65. The van der Waals surface area contributed by atoms with Crippen LogP contribution in [0.5, 0.6) is 0 Å². The summed E-state index contributed by atoms with van der Waals surface area (Å²) in [5.41, 5.74) is 0.194. The zero-order valence-electron chi connectivity index (χ0n) is 17.8. The summed E-state index contributed by atoms with van der Waals surface area (Å²) in [6.07, 6.45) is 4.69. The quantitative estimate of drug-likeness (QED) is 0.733. The van der Waals surface area contributed by atoms with Gasteiger partial charge >= 0.3 is 0 Å². The molecular formula is C21H33ClN2O3S. The van der Waals surface area contributed by atoms with E-state index in [-0.39, 0.29) is 32.9 Å². The largest absolute Gasteiger partial charge is 0.336 e. The number of sulfone groups is 1. The maximum atomic E-state index is 13.4. The number of benzene rings is 1. The third-order valence-electron chi connectivity index (χ3n) is 5.20. The molecule has 1 heterocycles. The van der Waals surface area contributed by atoms with Crippen LogP contribution in [0.15, 0.2) is 23.1 Å². The molecule has 1 saturated heterocycles. The number of halogens is 1. The summed E-state index contributed by atoms with van der Waals surface area (Å²) in [7, 11) is -3.51. The summed E-state index contributed by atoms with van der Waals surface area (Å²) < 4.78 is 24.0. The predicted molar refractivity (Wildman–Crippen MR) is 115 cm³/mol. The molecular weight excluding hydrogens is 396 g/mol. The van der Waals surface area contributed by atoms with Gasteiger partial charge in [0.2, 0.25) is 0 Å². The summed E-state index contributed by atoms with van der Waals surface area (Å²) >= 11 is 6.06. The van der Waals surface area contributed by atoms with Gasteiger partial charge in [0.1, 0.15) is 0 Å². The van der Waals surface area contributed by atoms with E-state index in [1.807, 2.05) is 4.90 Å². The molecule has 1 N–H and O–H groups in total. The number of hydrogen-bond donors (Lipinski definition) is 1. The Bertz CT molecular complexity index is 818. The summed E-state index contributed by atoms with van der Waals surface area (Å²) in [4.78, 5) is 15.4. The van der Waals surface area contributed by atoms with E-state index in [0.29, 0.717) is 12.1 Å². The van der Waals surface area contributed by atoms with E-state index in [2.05, 4.69) is 39.9 Å². The van der Waals surface area contributed by atoms with Gasteiger partial charge in [-0.2, -0.15) is 0 Å². The lowest BCUT2D eigenvalue weighted by Crippen LogP contribution is -2.62. The maximum absolute atomic E-state index is 13.4. The van der Waals surface area contributed by atoms with Crippen molar-refractivity contribution in [3.63, 3.8) is 0 Å². The van der Waals surface area contributed by atoms with Crippen molar-refractivity contribution in [2.24, 2.45) is 0 Å². The van der Waals surface area contributed by atoms with Crippen LogP contribution in [-0.2, 0) is 9.84 Å². The van der Waals surface area contributed by atoms with E-state index in [1.54, 1.807) is 6.07 Å². The van der Waals surface area contributed by atoms with Gasteiger partial charge in [-0.3, -0.25) is 4.79 Å². The third kappa shape index (κ3) is 5.71. The van der Waals surface area contributed by atoms with Crippen molar-refractivity contribution in [1.29, 1.82) is 0 Å². The monoisotopic (exact) mass is 428 g/mol. The van der Waals surface area contributed by atoms with Crippen molar-refractivity contribution in [1.82, 2.24) is 10.2 Å². The molecule has 0 unspecified atom stereocenters. The highest BCUT2D eigenvalue weighted by Crippen LogP contribution is 2.33. The summed E-state index contributed by atoms with van der Waals surface area (Å²) in [6.45, 7) is 11.4. The van der Waals surface area contributed by atoms with Gasteiger partial charge in [0.05, 0.1) is 9.92 Å². The molecule has 0 spiro atoms. The number of hydrogen-bond acceptors (Lipinski definition) is 4. The molecule has 0 aromatic heterocycles. The number of carbonyl (C=O) groups is 1. The standard InChI is InChI=1S/C21H33ClN2O3S/c1-7-8-11-24(16-13-20(2,3)23-21(4,5)14-16)19(25)15-9-10-17(22)18(12-15)28(6,26)27/h9-10,12,16,23H,7-8,11,13-14H2,1-6H3. The van der Waals surface area contributed by atoms with Gasteiger partial charge in [-0.25, -0.2) is 8.42 Å². The lowest BCUT2D eigenvalue weighted by Gasteiger charge is -2.49. The van der Waals surface area contributed by atoms with Gasteiger partial charge in [-0.1, -0.05) is 24.9 Å². The van der Waals surface area contributed by atoms with E-state index in [0.717, 1.165) is 31.9 Å². The Morgan fingerprint density at radius 2 is 1.79 bits per heavy atom. The number of nitrogens with one attached hydrogen (secondary N) is 1. The normalized spacial score (nSPS) is 19.4. The first-order valence-electron chi connectivity index (χ1n) is 9.86.